The van der Waals surface area contributed by atoms with Crippen LogP contribution in [0.3, 0.4) is 0 Å². The van der Waals surface area contributed by atoms with Crippen LogP contribution in [0.2, 0.25) is 0 Å². The molecular weight excluding hydrogens is 240 g/mol. The van der Waals surface area contributed by atoms with Crippen molar-refractivity contribution in [3.63, 3.8) is 0 Å². The number of hydrogen-bond acceptors (Lipinski definition) is 3. The highest BCUT2D eigenvalue weighted by atomic mass is 32.2. The Morgan fingerprint density at radius 1 is 1.24 bits per heavy atom. The van der Waals surface area contributed by atoms with Crippen LogP contribution in [-0.4, -0.2) is 20.1 Å². The Balaban J connectivity index is 2.53. The van der Waals surface area contributed by atoms with Crippen LogP contribution in [0.5, 0.6) is 5.75 Å². The molecule has 0 heterocycles. The van der Waals surface area contributed by atoms with Crippen LogP contribution in [0.25, 0.3) is 0 Å². The minimum Gasteiger partial charge on any atom is -0.508 e. The quantitative estimate of drug-likeness (QED) is 0.711. The van der Waals surface area contributed by atoms with Gasteiger partial charge in [-0.1, -0.05) is 32.0 Å². The SMILES string of the molecule is CC(C)CNS(=O)(=O)NCc1ccccc1O. The molecular formula is C11H18N2O3S. The van der Waals surface area contributed by atoms with Gasteiger partial charge in [-0.25, -0.2) is 4.72 Å². The van der Waals surface area contributed by atoms with Gasteiger partial charge in [-0.05, 0) is 12.0 Å². The van der Waals surface area contributed by atoms with Crippen molar-refractivity contribution in [3.8, 4) is 5.75 Å². The lowest BCUT2D eigenvalue weighted by atomic mass is 10.2. The van der Waals surface area contributed by atoms with Gasteiger partial charge in [-0.2, -0.15) is 13.1 Å². The number of hydrogen-bond donors (Lipinski definition) is 3. The molecule has 0 spiro atoms. The molecule has 5 nitrogen and oxygen atoms in total. The second kappa shape index (κ2) is 6.00. The zero-order valence-corrected chi connectivity index (χ0v) is 10.8. The van der Waals surface area contributed by atoms with Crippen molar-refractivity contribution in [3.05, 3.63) is 29.8 Å². The van der Waals surface area contributed by atoms with Gasteiger partial charge in [0.15, 0.2) is 0 Å². The molecule has 0 aliphatic carbocycles. The predicted octanol–water partition coefficient (Wildman–Crippen LogP) is 0.972. The molecule has 6 heteroatoms. The summed E-state index contributed by atoms with van der Waals surface area (Å²) in [5.74, 6) is 0.329. The van der Waals surface area contributed by atoms with Crippen LogP contribution in [0.4, 0.5) is 0 Å². The Morgan fingerprint density at radius 2 is 1.88 bits per heavy atom. The highest BCUT2D eigenvalue weighted by molar-refractivity contribution is 7.87. The topological polar surface area (TPSA) is 78.4 Å². The lowest BCUT2D eigenvalue weighted by Crippen LogP contribution is -2.37. The molecule has 96 valence electrons. The normalized spacial score (nSPS) is 11.9. The summed E-state index contributed by atoms with van der Waals surface area (Å²) in [6.45, 7) is 4.30. The molecule has 0 fully saturated rings. The van der Waals surface area contributed by atoms with E-state index in [4.69, 9.17) is 0 Å². The van der Waals surface area contributed by atoms with Crippen molar-refractivity contribution in [1.29, 1.82) is 0 Å². The third kappa shape index (κ3) is 5.16. The summed E-state index contributed by atoms with van der Waals surface area (Å²) >= 11 is 0. The molecule has 0 aliphatic heterocycles. The van der Waals surface area contributed by atoms with Crippen LogP contribution in [0.1, 0.15) is 19.4 Å². The van der Waals surface area contributed by atoms with E-state index in [9.17, 15) is 13.5 Å². The first-order chi connectivity index (χ1) is 7.91. The average Bonchev–Trinajstić information content (AvgIpc) is 2.26. The number of para-hydroxylation sites is 1. The maximum atomic E-state index is 11.5. The van der Waals surface area contributed by atoms with E-state index in [1.165, 1.54) is 6.07 Å². The van der Waals surface area contributed by atoms with Crippen LogP contribution < -0.4 is 9.44 Å². The molecule has 1 rings (SSSR count). The van der Waals surface area contributed by atoms with Crippen molar-refractivity contribution in [2.75, 3.05) is 6.54 Å². The monoisotopic (exact) mass is 258 g/mol. The van der Waals surface area contributed by atoms with Crippen molar-refractivity contribution >= 4 is 10.2 Å². The lowest BCUT2D eigenvalue weighted by molar-refractivity contribution is 0.467. The van der Waals surface area contributed by atoms with Gasteiger partial charge in [-0.3, -0.25) is 0 Å². The number of phenolic OH excluding ortho intramolecular Hbond substituents is 1. The molecule has 3 N–H and O–H groups in total. The van der Waals surface area contributed by atoms with E-state index in [1.54, 1.807) is 18.2 Å². The fourth-order valence-corrected chi connectivity index (χ4v) is 2.16. The van der Waals surface area contributed by atoms with Gasteiger partial charge in [0.2, 0.25) is 0 Å². The van der Waals surface area contributed by atoms with Crippen molar-refractivity contribution in [2.45, 2.75) is 20.4 Å². The zero-order valence-electron chi connectivity index (χ0n) is 9.97. The van der Waals surface area contributed by atoms with Gasteiger partial charge >= 0.3 is 0 Å². The Bertz CT molecular complexity index is 458. The Kier molecular flexibility index (Phi) is 4.92. The number of benzene rings is 1. The van der Waals surface area contributed by atoms with Crippen molar-refractivity contribution < 1.29 is 13.5 Å². The van der Waals surface area contributed by atoms with Gasteiger partial charge < -0.3 is 5.11 Å². The second-order valence-corrected chi connectivity index (χ2v) is 5.78. The fourth-order valence-electron chi connectivity index (χ4n) is 1.16. The van der Waals surface area contributed by atoms with E-state index >= 15 is 0 Å². The van der Waals surface area contributed by atoms with Crippen LogP contribution in [0.15, 0.2) is 24.3 Å². The summed E-state index contributed by atoms with van der Waals surface area (Å²) in [6, 6.07) is 6.61. The Morgan fingerprint density at radius 3 is 2.47 bits per heavy atom. The predicted molar refractivity (Wildman–Crippen MR) is 66.7 cm³/mol. The average molecular weight is 258 g/mol. The number of rotatable bonds is 6. The molecule has 17 heavy (non-hydrogen) atoms. The second-order valence-electron chi connectivity index (χ2n) is 4.20. The van der Waals surface area contributed by atoms with E-state index in [0.717, 1.165) is 0 Å². The van der Waals surface area contributed by atoms with E-state index in [-0.39, 0.29) is 18.2 Å². The molecule has 0 bridgehead atoms. The number of nitrogens with one attached hydrogen (secondary N) is 2. The first-order valence-corrected chi connectivity index (χ1v) is 6.90. The number of aromatic hydroxyl groups is 1. The van der Waals surface area contributed by atoms with Crippen molar-refractivity contribution in [1.82, 2.24) is 9.44 Å². The third-order valence-corrected chi connectivity index (χ3v) is 3.20. The van der Waals surface area contributed by atoms with Crippen LogP contribution >= 0.6 is 0 Å². The highest BCUT2D eigenvalue weighted by Crippen LogP contribution is 2.14. The van der Waals surface area contributed by atoms with Gasteiger partial charge in [0.25, 0.3) is 10.2 Å². The van der Waals surface area contributed by atoms with E-state index < -0.39 is 10.2 Å². The summed E-state index contributed by atoms with van der Waals surface area (Å²) in [4.78, 5) is 0. The van der Waals surface area contributed by atoms with E-state index in [1.807, 2.05) is 13.8 Å². The van der Waals surface area contributed by atoms with Gasteiger partial charge in [0.05, 0.1) is 0 Å². The smallest absolute Gasteiger partial charge is 0.277 e. The Hall–Kier alpha value is -1.11. The highest BCUT2D eigenvalue weighted by Gasteiger charge is 2.10. The molecule has 0 amide bonds. The molecule has 0 unspecified atom stereocenters. The molecule has 0 saturated carbocycles. The largest absolute Gasteiger partial charge is 0.508 e. The maximum Gasteiger partial charge on any atom is 0.277 e. The summed E-state index contributed by atoms with van der Waals surface area (Å²) in [5, 5.41) is 9.47. The zero-order chi connectivity index (χ0) is 12.9. The van der Waals surface area contributed by atoms with Crippen molar-refractivity contribution in [2.24, 2.45) is 5.92 Å². The fraction of sp³-hybridized carbons (Fsp3) is 0.455. The van der Waals surface area contributed by atoms with Gasteiger partial charge in [-0.15, -0.1) is 0 Å². The molecule has 0 atom stereocenters. The molecule has 0 saturated heterocycles. The summed E-state index contributed by atoms with van der Waals surface area (Å²) in [7, 11) is -3.50. The van der Waals surface area contributed by atoms with Crippen LogP contribution in [-0.2, 0) is 16.8 Å². The van der Waals surface area contributed by atoms with E-state index in [0.29, 0.717) is 12.1 Å². The third-order valence-electron chi connectivity index (χ3n) is 2.13. The molecule has 0 radical (unpaired) electrons. The molecule has 0 aromatic heterocycles. The van der Waals surface area contributed by atoms with E-state index in [2.05, 4.69) is 9.44 Å². The molecule has 1 aromatic rings. The lowest BCUT2D eigenvalue weighted by Gasteiger charge is -2.10. The standard InChI is InChI=1S/C11H18N2O3S/c1-9(2)7-12-17(15,16)13-8-10-5-3-4-6-11(10)14/h3-6,9,12-14H,7-8H2,1-2H3. The molecule has 1 aromatic carbocycles. The summed E-state index contributed by atoms with van der Waals surface area (Å²) < 4.78 is 27.8. The molecule has 0 aliphatic rings. The first-order valence-electron chi connectivity index (χ1n) is 5.42. The maximum absolute atomic E-state index is 11.5. The summed E-state index contributed by atoms with van der Waals surface area (Å²) in [6.07, 6.45) is 0. The summed E-state index contributed by atoms with van der Waals surface area (Å²) in [5.41, 5.74) is 0.544. The van der Waals surface area contributed by atoms with Gasteiger partial charge in [0, 0.05) is 18.7 Å². The first kappa shape index (κ1) is 14.0. The minimum atomic E-state index is -3.50. The number of phenols is 1. The van der Waals surface area contributed by atoms with Gasteiger partial charge in [0.1, 0.15) is 5.75 Å². The Labute approximate surface area is 102 Å². The van der Waals surface area contributed by atoms with Crippen LogP contribution in [0, 0.1) is 5.92 Å². The minimum absolute atomic E-state index is 0.0695.